The topological polar surface area (TPSA) is 0 Å². The van der Waals surface area contributed by atoms with Crippen LogP contribution in [0.25, 0.3) is 0 Å². The molecule has 0 saturated carbocycles. The molecule has 2 rings (SSSR count). The summed E-state index contributed by atoms with van der Waals surface area (Å²) >= 11 is 5.62. The summed E-state index contributed by atoms with van der Waals surface area (Å²) in [7, 11) is 0. The molecule has 19 heavy (non-hydrogen) atoms. The molecule has 1 heterocycles. The Hall–Kier alpha value is -0.600. The third kappa shape index (κ3) is 3.29. The molecule has 1 atom stereocenters. The minimum Gasteiger partial charge on any atom is -0.152 e. The van der Waals surface area contributed by atoms with E-state index in [1.165, 1.54) is 22.3 Å². The van der Waals surface area contributed by atoms with Crippen LogP contribution in [0.15, 0.2) is 35.0 Å². The minimum absolute atomic E-state index is 0.303. The second kappa shape index (κ2) is 6.23. The molecule has 0 N–H and O–H groups in total. The number of halogens is 1. The highest BCUT2D eigenvalue weighted by Gasteiger charge is 2.17. The summed E-state index contributed by atoms with van der Waals surface area (Å²) < 4.78 is 0. The second-order valence-electron chi connectivity index (χ2n) is 5.62. The Labute approximate surface area is 129 Å². The van der Waals surface area contributed by atoms with Gasteiger partial charge < -0.3 is 0 Å². The van der Waals surface area contributed by atoms with Gasteiger partial charge in [-0.3, -0.25) is 0 Å². The Balaban J connectivity index is 2.45. The maximum absolute atomic E-state index is 3.86. The van der Waals surface area contributed by atoms with Gasteiger partial charge in [-0.15, -0.1) is 0 Å². The number of hydrogen-bond acceptors (Lipinski definition) is 1. The number of hydrogen-bond donors (Lipinski definition) is 0. The SMILES string of the molecule is CC(C)c1ccc(C(Br)c2ccsc2)c(C(C)C)c1. The molecule has 0 aliphatic carbocycles. The van der Waals surface area contributed by atoms with Gasteiger partial charge in [-0.2, -0.15) is 11.3 Å². The molecule has 1 aromatic carbocycles. The van der Waals surface area contributed by atoms with E-state index in [0.717, 1.165) is 0 Å². The summed E-state index contributed by atoms with van der Waals surface area (Å²) in [6, 6.07) is 9.14. The first-order chi connectivity index (χ1) is 9.00. The average Bonchev–Trinajstić information content (AvgIpc) is 2.90. The highest BCUT2D eigenvalue weighted by atomic mass is 79.9. The molecule has 0 saturated heterocycles. The third-order valence-electron chi connectivity index (χ3n) is 3.51. The van der Waals surface area contributed by atoms with Crippen molar-refractivity contribution in [2.75, 3.05) is 0 Å². The lowest BCUT2D eigenvalue weighted by Gasteiger charge is -2.19. The first kappa shape index (κ1) is 14.8. The van der Waals surface area contributed by atoms with Crippen LogP contribution in [-0.4, -0.2) is 0 Å². The van der Waals surface area contributed by atoms with E-state index in [1.54, 1.807) is 11.3 Å². The fourth-order valence-electron chi connectivity index (χ4n) is 2.28. The maximum atomic E-state index is 3.86. The molecule has 0 radical (unpaired) electrons. The highest BCUT2D eigenvalue weighted by molar-refractivity contribution is 9.09. The number of benzene rings is 1. The molecule has 102 valence electrons. The average molecular weight is 337 g/mol. The Morgan fingerprint density at radius 1 is 0.895 bits per heavy atom. The molecule has 0 bridgehead atoms. The molecule has 0 nitrogen and oxygen atoms in total. The summed E-state index contributed by atoms with van der Waals surface area (Å²) in [5.41, 5.74) is 5.64. The fraction of sp³-hybridized carbons (Fsp3) is 0.412. The minimum atomic E-state index is 0.303. The van der Waals surface area contributed by atoms with Gasteiger partial charge in [0, 0.05) is 0 Å². The quantitative estimate of drug-likeness (QED) is 0.560. The van der Waals surface area contributed by atoms with Gasteiger partial charge in [-0.05, 0) is 50.9 Å². The summed E-state index contributed by atoms with van der Waals surface area (Å²) in [5, 5.41) is 4.36. The molecular formula is C17H21BrS. The van der Waals surface area contributed by atoms with Crippen molar-refractivity contribution in [1.29, 1.82) is 0 Å². The fourth-order valence-corrected chi connectivity index (χ4v) is 3.84. The van der Waals surface area contributed by atoms with Crippen LogP contribution >= 0.6 is 27.3 Å². The van der Waals surface area contributed by atoms with E-state index in [2.05, 4.69) is 78.7 Å². The predicted molar refractivity (Wildman–Crippen MR) is 89.7 cm³/mol. The van der Waals surface area contributed by atoms with Gasteiger partial charge in [0.25, 0.3) is 0 Å². The van der Waals surface area contributed by atoms with Crippen LogP contribution in [0.2, 0.25) is 0 Å². The Kier molecular flexibility index (Phi) is 4.86. The van der Waals surface area contributed by atoms with E-state index in [-0.39, 0.29) is 0 Å². The molecule has 1 aromatic heterocycles. The zero-order valence-corrected chi connectivity index (χ0v) is 14.4. The van der Waals surface area contributed by atoms with Crippen molar-refractivity contribution in [3.63, 3.8) is 0 Å². The summed E-state index contributed by atoms with van der Waals surface area (Å²) in [6.45, 7) is 9.06. The van der Waals surface area contributed by atoms with Crippen LogP contribution in [0.3, 0.4) is 0 Å². The van der Waals surface area contributed by atoms with Crippen molar-refractivity contribution in [1.82, 2.24) is 0 Å². The van der Waals surface area contributed by atoms with E-state index < -0.39 is 0 Å². The monoisotopic (exact) mass is 336 g/mol. The lowest BCUT2D eigenvalue weighted by Crippen LogP contribution is -2.02. The summed E-state index contributed by atoms with van der Waals surface area (Å²) in [5.74, 6) is 1.13. The van der Waals surface area contributed by atoms with Gasteiger partial charge in [-0.1, -0.05) is 61.8 Å². The smallest absolute Gasteiger partial charge is 0.0655 e. The lowest BCUT2D eigenvalue weighted by molar-refractivity contribution is 0.820. The predicted octanol–water partition coefficient (Wildman–Crippen LogP) is 6.48. The number of alkyl halides is 1. The molecule has 1 unspecified atom stereocenters. The highest BCUT2D eigenvalue weighted by Crippen LogP contribution is 2.37. The molecule has 0 spiro atoms. The van der Waals surface area contributed by atoms with Crippen molar-refractivity contribution in [2.24, 2.45) is 0 Å². The van der Waals surface area contributed by atoms with Crippen molar-refractivity contribution >= 4 is 27.3 Å². The lowest BCUT2D eigenvalue weighted by atomic mass is 9.89. The van der Waals surface area contributed by atoms with Crippen molar-refractivity contribution < 1.29 is 0 Å². The van der Waals surface area contributed by atoms with Gasteiger partial charge in [0.15, 0.2) is 0 Å². The van der Waals surface area contributed by atoms with Gasteiger partial charge in [0.2, 0.25) is 0 Å². The van der Waals surface area contributed by atoms with Crippen LogP contribution in [-0.2, 0) is 0 Å². The normalized spacial score (nSPS) is 13.2. The molecule has 0 aliphatic rings. The zero-order valence-electron chi connectivity index (χ0n) is 12.0. The maximum Gasteiger partial charge on any atom is 0.0655 e. The van der Waals surface area contributed by atoms with Gasteiger partial charge >= 0.3 is 0 Å². The molecule has 0 amide bonds. The Bertz CT molecular complexity index is 526. The standard InChI is InChI=1S/C17H21BrS/c1-11(2)13-5-6-15(16(9-13)12(3)4)17(18)14-7-8-19-10-14/h5-12,17H,1-4H3. The zero-order chi connectivity index (χ0) is 14.0. The first-order valence-electron chi connectivity index (χ1n) is 6.80. The van der Waals surface area contributed by atoms with Crippen LogP contribution in [0.5, 0.6) is 0 Å². The van der Waals surface area contributed by atoms with Crippen molar-refractivity contribution in [2.45, 2.75) is 44.4 Å². The van der Waals surface area contributed by atoms with E-state index >= 15 is 0 Å². The van der Waals surface area contributed by atoms with Crippen molar-refractivity contribution in [3.05, 3.63) is 57.3 Å². The van der Waals surface area contributed by atoms with Crippen LogP contribution in [0.4, 0.5) is 0 Å². The Morgan fingerprint density at radius 2 is 1.63 bits per heavy atom. The first-order valence-corrected chi connectivity index (χ1v) is 8.66. The van der Waals surface area contributed by atoms with Crippen LogP contribution < -0.4 is 0 Å². The third-order valence-corrected chi connectivity index (χ3v) is 5.23. The van der Waals surface area contributed by atoms with Crippen molar-refractivity contribution in [3.8, 4) is 0 Å². The molecular weight excluding hydrogens is 316 g/mol. The summed E-state index contributed by atoms with van der Waals surface area (Å²) in [4.78, 5) is 0.303. The number of thiophene rings is 1. The van der Waals surface area contributed by atoms with Gasteiger partial charge in [-0.25, -0.2) is 0 Å². The van der Waals surface area contributed by atoms with Gasteiger partial charge in [0.1, 0.15) is 0 Å². The van der Waals surface area contributed by atoms with Crippen LogP contribution in [0.1, 0.15) is 66.6 Å². The van der Waals surface area contributed by atoms with Crippen LogP contribution in [0, 0.1) is 0 Å². The second-order valence-corrected chi connectivity index (χ2v) is 7.31. The van der Waals surface area contributed by atoms with E-state index in [1.807, 2.05) is 0 Å². The molecule has 0 aliphatic heterocycles. The van der Waals surface area contributed by atoms with E-state index in [4.69, 9.17) is 0 Å². The van der Waals surface area contributed by atoms with E-state index in [9.17, 15) is 0 Å². The molecule has 2 heteroatoms. The summed E-state index contributed by atoms with van der Waals surface area (Å²) in [6.07, 6.45) is 0. The molecule has 0 fully saturated rings. The largest absolute Gasteiger partial charge is 0.152 e. The van der Waals surface area contributed by atoms with Gasteiger partial charge in [0.05, 0.1) is 4.83 Å². The Morgan fingerprint density at radius 3 is 2.16 bits per heavy atom. The number of rotatable bonds is 4. The molecule has 2 aromatic rings. The van der Waals surface area contributed by atoms with E-state index in [0.29, 0.717) is 16.7 Å².